The first-order valence-electron chi connectivity index (χ1n) is 6.09. The number of rotatable bonds is 4. The van der Waals surface area contributed by atoms with Gasteiger partial charge in [-0.05, 0) is 24.6 Å². The number of aliphatic hydroxyl groups excluding tert-OH is 1. The predicted molar refractivity (Wildman–Crippen MR) is 72.7 cm³/mol. The van der Waals surface area contributed by atoms with Crippen molar-refractivity contribution < 1.29 is 9.90 Å². The third kappa shape index (κ3) is 3.63. The average Bonchev–Trinajstić information content (AvgIpc) is 2.46. The standard InChI is InChI=1S/C15H16N2O2/c1-11-2-4-12(5-3-11)14(18)10-17-15(19)13-6-8-16-9-7-13/h2-9,14,18H,10H2,1H3,(H,17,19). The highest BCUT2D eigenvalue weighted by atomic mass is 16.3. The molecule has 1 aromatic heterocycles. The van der Waals surface area contributed by atoms with E-state index in [9.17, 15) is 9.90 Å². The Kier molecular flexibility index (Phi) is 4.26. The molecular formula is C15H16N2O2. The molecule has 4 heteroatoms. The summed E-state index contributed by atoms with van der Waals surface area (Å²) in [5, 5.41) is 12.7. The quantitative estimate of drug-likeness (QED) is 0.877. The number of aliphatic hydroxyl groups is 1. The summed E-state index contributed by atoms with van der Waals surface area (Å²) in [7, 11) is 0. The summed E-state index contributed by atoms with van der Waals surface area (Å²) in [4.78, 5) is 15.6. The Morgan fingerprint density at radius 2 is 1.84 bits per heavy atom. The molecule has 0 aliphatic carbocycles. The van der Waals surface area contributed by atoms with E-state index in [-0.39, 0.29) is 12.5 Å². The van der Waals surface area contributed by atoms with Crippen LogP contribution in [0.3, 0.4) is 0 Å². The zero-order valence-electron chi connectivity index (χ0n) is 10.7. The lowest BCUT2D eigenvalue weighted by atomic mass is 10.1. The minimum atomic E-state index is -0.702. The van der Waals surface area contributed by atoms with Crippen LogP contribution in [0.25, 0.3) is 0 Å². The number of aromatic nitrogens is 1. The van der Waals surface area contributed by atoms with E-state index < -0.39 is 6.10 Å². The SMILES string of the molecule is Cc1ccc(C(O)CNC(=O)c2ccncc2)cc1. The number of carbonyl (C=O) groups is 1. The minimum absolute atomic E-state index is 0.185. The normalized spacial score (nSPS) is 11.9. The molecule has 0 saturated carbocycles. The molecule has 0 aliphatic heterocycles. The molecule has 4 nitrogen and oxygen atoms in total. The summed E-state index contributed by atoms with van der Waals surface area (Å²) < 4.78 is 0. The Hall–Kier alpha value is -2.20. The number of amides is 1. The molecule has 2 N–H and O–H groups in total. The first-order valence-corrected chi connectivity index (χ1v) is 6.09. The lowest BCUT2D eigenvalue weighted by Gasteiger charge is -2.12. The number of hydrogen-bond donors (Lipinski definition) is 2. The number of carbonyl (C=O) groups excluding carboxylic acids is 1. The van der Waals surface area contributed by atoms with Crippen LogP contribution >= 0.6 is 0 Å². The van der Waals surface area contributed by atoms with Gasteiger partial charge < -0.3 is 10.4 Å². The Balaban J connectivity index is 1.92. The van der Waals surface area contributed by atoms with Gasteiger partial charge in [0.15, 0.2) is 0 Å². The van der Waals surface area contributed by atoms with E-state index in [4.69, 9.17) is 0 Å². The van der Waals surface area contributed by atoms with Gasteiger partial charge >= 0.3 is 0 Å². The van der Waals surface area contributed by atoms with Crippen LogP contribution in [0.4, 0.5) is 0 Å². The molecule has 2 aromatic rings. The van der Waals surface area contributed by atoms with Crippen LogP contribution in [0, 0.1) is 6.92 Å². The van der Waals surface area contributed by atoms with Gasteiger partial charge in [0, 0.05) is 24.5 Å². The Labute approximate surface area is 112 Å². The van der Waals surface area contributed by atoms with Crippen molar-refractivity contribution >= 4 is 5.91 Å². The van der Waals surface area contributed by atoms with Crippen molar-refractivity contribution in [2.45, 2.75) is 13.0 Å². The van der Waals surface area contributed by atoms with Gasteiger partial charge in [0.25, 0.3) is 5.91 Å². The maximum Gasteiger partial charge on any atom is 0.251 e. The van der Waals surface area contributed by atoms with Crippen LogP contribution in [0.5, 0.6) is 0 Å². The van der Waals surface area contributed by atoms with Crippen LogP contribution in [-0.4, -0.2) is 22.5 Å². The second-order valence-corrected chi connectivity index (χ2v) is 4.37. The molecule has 0 aliphatic rings. The third-order valence-corrected chi connectivity index (χ3v) is 2.86. The summed E-state index contributed by atoms with van der Waals surface area (Å²) in [5.74, 6) is -0.214. The molecule has 1 unspecified atom stereocenters. The zero-order valence-corrected chi connectivity index (χ0v) is 10.7. The van der Waals surface area contributed by atoms with Crippen molar-refractivity contribution in [3.8, 4) is 0 Å². The molecule has 1 aromatic carbocycles. The van der Waals surface area contributed by atoms with E-state index in [1.807, 2.05) is 31.2 Å². The number of nitrogens with one attached hydrogen (secondary N) is 1. The van der Waals surface area contributed by atoms with E-state index in [0.29, 0.717) is 5.56 Å². The van der Waals surface area contributed by atoms with Crippen LogP contribution in [0.1, 0.15) is 27.6 Å². The highest BCUT2D eigenvalue weighted by molar-refractivity contribution is 5.93. The lowest BCUT2D eigenvalue weighted by Crippen LogP contribution is -2.28. The summed E-state index contributed by atoms with van der Waals surface area (Å²) in [6, 6.07) is 10.9. The van der Waals surface area contributed by atoms with Crippen LogP contribution in [-0.2, 0) is 0 Å². The number of pyridine rings is 1. The molecule has 98 valence electrons. The van der Waals surface area contributed by atoms with E-state index in [1.54, 1.807) is 24.5 Å². The number of hydrogen-bond acceptors (Lipinski definition) is 3. The van der Waals surface area contributed by atoms with E-state index >= 15 is 0 Å². The highest BCUT2D eigenvalue weighted by Crippen LogP contribution is 2.12. The Morgan fingerprint density at radius 1 is 1.21 bits per heavy atom. The monoisotopic (exact) mass is 256 g/mol. The van der Waals surface area contributed by atoms with Gasteiger partial charge in [0.05, 0.1) is 6.10 Å². The second kappa shape index (κ2) is 6.11. The lowest BCUT2D eigenvalue weighted by molar-refractivity contribution is 0.0916. The van der Waals surface area contributed by atoms with Gasteiger partial charge in [-0.25, -0.2) is 0 Å². The molecule has 0 bridgehead atoms. The van der Waals surface area contributed by atoms with Crippen LogP contribution < -0.4 is 5.32 Å². The minimum Gasteiger partial charge on any atom is -0.387 e. The largest absolute Gasteiger partial charge is 0.387 e. The summed E-state index contributed by atoms with van der Waals surface area (Å²) in [6.07, 6.45) is 2.42. The van der Waals surface area contributed by atoms with E-state index in [0.717, 1.165) is 11.1 Å². The highest BCUT2D eigenvalue weighted by Gasteiger charge is 2.10. The summed E-state index contributed by atoms with van der Waals surface area (Å²) in [6.45, 7) is 2.17. The van der Waals surface area contributed by atoms with Crippen molar-refractivity contribution in [3.05, 3.63) is 65.5 Å². The maximum absolute atomic E-state index is 11.8. The Bertz CT molecular complexity index is 538. The van der Waals surface area contributed by atoms with Gasteiger partial charge in [-0.1, -0.05) is 29.8 Å². The molecule has 0 spiro atoms. The first-order chi connectivity index (χ1) is 9.16. The fourth-order valence-electron chi connectivity index (χ4n) is 1.70. The third-order valence-electron chi connectivity index (χ3n) is 2.86. The molecular weight excluding hydrogens is 240 g/mol. The van der Waals surface area contributed by atoms with E-state index in [1.165, 1.54) is 0 Å². The molecule has 0 radical (unpaired) electrons. The number of aryl methyl sites for hydroxylation is 1. The predicted octanol–water partition coefficient (Wildman–Crippen LogP) is 1.85. The molecule has 1 atom stereocenters. The van der Waals surface area contributed by atoms with Gasteiger partial charge in [0.1, 0.15) is 0 Å². The topological polar surface area (TPSA) is 62.2 Å². The van der Waals surface area contributed by atoms with Crippen molar-refractivity contribution in [2.24, 2.45) is 0 Å². The molecule has 0 fully saturated rings. The average molecular weight is 256 g/mol. The summed E-state index contributed by atoms with van der Waals surface area (Å²) in [5.41, 5.74) is 2.46. The molecule has 0 saturated heterocycles. The number of benzene rings is 1. The maximum atomic E-state index is 11.8. The second-order valence-electron chi connectivity index (χ2n) is 4.37. The van der Waals surface area contributed by atoms with Crippen molar-refractivity contribution in [1.29, 1.82) is 0 Å². The smallest absolute Gasteiger partial charge is 0.251 e. The number of nitrogens with zero attached hydrogens (tertiary/aromatic N) is 1. The molecule has 1 amide bonds. The molecule has 19 heavy (non-hydrogen) atoms. The van der Waals surface area contributed by atoms with Gasteiger partial charge in [0.2, 0.25) is 0 Å². The van der Waals surface area contributed by atoms with Crippen molar-refractivity contribution in [1.82, 2.24) is 10.3 Å². The molecule has 1 heterocycles. The van der Waals surface area contributed by atoms with Gasteiger partial charge in [-0.2, -0.15) is 0 Å². The van der Waals surface area contributed by atoms with Crippen molar-refractivity contribution in [2.75, 3.05) is 6.54 Å². The zero-order chi connectivity index (χ0) is 13.7. The fourth-order valence-corrected chi connectivity index (χ4v) is 1.70. The fraction of sp³-hybridized carbons (Fsp3) is 0.200. The molecule has 2 rings (SSSR count). The van der Waals surface area contributed by atoms with Gasteiger partial charge in [-0.3, -0.25) is 9.78 Å². The van der Waals surface area contributed by atoms with Gasteiger partial charge in [-0.15, -0.1) is 0 Å². The summed E-state index contributed by atoms with van der Waals surface area (Å²) >= 11 is 0. The Morgan fingerprint density at radius 3 is 2.47 bits per heavy atom. The first kappa shape index (κ1) is 13.2. The van der Waals surface area contributed by atoms with Crippen LogP contribution in [0.15, 0.2) is 48.8 Å². The van der Waals surface area contributed by atoms with E-state index in [2.05, 4.69) is 10.3 Å². The van der Waals surface area contributed by atoms with Crippen molar-refractivity contribution in [3.63, 3.8) is 0 Å². The van der Waals surface area contributed by atoms with Crippen LogP contribution in [0.2, 0.25) is 0 Å².